The second kappa shape index (κ2) is 6.80. The summed E-state index contributed by atoms with van der Waals surface area (Å²) in [5.74, 6) is 0.397. The van der Waals surface area contributed by atoms with E-state index in [-0.39, 0.29) is 17.4 Å². The molecule has 2 N–H and O–H groups in total. The van der Waals surface area contributed by atoms with Gasteiger partial charge in [-0.1, -0.05) is 41.5 Å². The van der Waals surface area contributed by atoms with Crippen molar-refractivity contribution < 1.29 is 14.9 Å². The van der Waals surface area contributed by atoms with E-state index in [0.717, 1.165) is 16.7 Å². The largest absolute Gasteiger partial charge is 0.507 e. The highest BCUT2D eigenvalue weighted by Gasteiger charge is 2.26. The molecule has 0 fully saturated rings. The summed E-state index contributed by atoms with van der Waals surface area (Å²) in [6.45, 7) is 13.8. The third-order valence-corrected chi connectivity index (χ3v) is 3.50. The Hall–Kier alpha value is -1.06. The van der Waals surface area contributed by atoms with E-state index in [0.29, 0.717) is 25.4 Å². The van der Waals surface area contributed by atoms with Gasteiger partial charge in [0.15, 0.2) is 0 Å². The standard InChI is InChI=1S/C18H30O3/c1-17(2,3)14-10-13(12-21-9-7-8-19)11-15(16(14)20)18(4,5)6/h10-11,19-20H,7-9,12H2,1-6H3. The normalized spacial score (nSPS) is 12.7. The lowest BCUT2D eigenvalue weighted by atomic mass is 9.78. The lowest BCUT2D eigenvalue weighted by molar-refractivity contribution is 0.104. The Labute approximate surface area is 129 Å². The number of rotatable bonds is 5. The maximum absolute atomic E-state index is 10.6. The number of phenols is 1. The molecule has 0 radical (unpaired) electrons. The average molecular weight is 294 g/mol. The monoisotopic (exact) mass is 294 g/mol. The Kier molecular flexibility index (Phi) is 5.83. The number of aromatic hydroxyl groups is 1. The Morgan fingerprint density at radius 2 is 1.43 bits per heavy atom. The summed E-state index contributed by atoms with van der Waals surface area (Å²) in [6.07, 6.45) is 0.649. The van der Waals surface area contributed by atoms with Crippen LogP contribution in [-0.2, 0) is 22.2 Å². The summed E-state index contributed by atoms with van der Waals surface area (Å²) < 4.78 is 5.59. The van der Waals surface area contributed by atoms with E-state index in [9.17, 15) is 5.11 Å². The van der Waals surface area contributed by atoms with Gasteiger partial charge in [0.1, 0.15) is 5.75 Å². The molecule has 0 amide bonds. The number of hydrogen-bond acceptors (Lipinski definition) is 3. The quantitative estimate of drug-likeness (QED) is 0.810. The van der Waals surface area contributed by atoms with Crippen LogP contribution in [0.15, 0.2) is 12.1 Å². The molecule has 1 rings (SSSR count). The molecule has 0 atom stereocenters. The maximum atomic E-state index is 10.6. The molecule has 0 saturated heterocycles. The minimum atomic E-state index is -0.120. The van der Waals surface area contributed by atoms with Crippen molar-refractivity contribution in [2.24, 2.45) is 0 Å². The number of ether oxygens (including phenoxy) is 1. The van der Waals surface area contributed by atoms with Gasteiger partial charge in [-0.05, 0) is 46.1 Å². The van der Waals surface area contributed by atoms with E-state index in [4.69, 9.17) is 9.84 Å². The Morgan fingerprint density at radius 1 is 0.952 bits per heavy atom. The summed E-state index contributed by atoms with van der Waals surface area (Å²) in [5, 5.41) is 19.4. The number of aliphatic hydroxyl groups is 1. The first-order chi connectivity index (χ1) is 9.57. The highest BCUT2D eigenvalue weighted by molar-refractivity contribution is 5.49. The van der Waals surface area contributed by atoms with Gasteiger partial charge in [0.05, 0.1) is 6.61 Å². The van der Waals surface area contributed by atoms with Crippen LogP contribution in [0.4, 0.5) is 0 Å². The number of hydrogen-bond donors (Lipinski definition) is 2. The van der Waals surface area contributed by atoms with E-state index in [2.05, 4.69) is 41.5 Å². The third-order valence-electron chi connectivity index (χ3n) is 3.50. The molecule has 1 aromatic carbocycles. The highest BCUT2D eigenvalue weighted by atomic mass is 16.5. The zero-order valence-corrected chi connectivity index (χ0v) is 14.3. The van der Waals surface area contributed by atoms with Crippen LogP contribution in [0.25, 0.3) is 0 Å². The molecular formula is C18H30O3. The molecule has 0 spiro atoms. The first-order valence-corrected chi connectivity index (χ1v) is 7.63. The molecule has 3 nitrogen and oxygen atoms in total. The van der Waals surface area contributed by atoms with Crippen molar-refractivity contribution in [2.75, 3.05) is 13.2 Å². The average Bonchev–Trinajstić information content (AvgIpc) is 2.33. The van der Waals surface area contributed by atoms with Crippen LogP contribution in [0.2, 0.25) is 0 Å². The Bertz CT molecular complexity index is 429. The fourth-order valence-electron chi connectivity index (χ4n) is 2.28. The molecule has 120 valence electrons. The van der Waals surface area contributed by atoms with E-state index in [1.54, 1.807) is 0 Å². The second-order valence-electron chi connectivity index (χ2n) is 7.67. The predicted octanol–water partition coefficient (Wildman–Crippen LogP) is 3.89. The van der Waals surface area contributed by atoms with Gasteiger partial charge in [-0.3, -0.25) is 0 Å². The summed E-state index contributed by atoms with van der Waals surface area (Å²) in [5.41, 5.74) is 2.74. The van der Waals surface area contributed by atoms with Crippen LogP contribution in [0.5, 0.6) is 5.75 Å². The summed E-state index contributed by atoms with van der Waals surface area (Å²) >= 11 is 0. The van der Waals surface area contributed by atoms with Gasteiger partial charge >= 0.3 is 0 Å². The first-order valence-electron chi connectivity index (χ1n) is 7.63. The molecule has 21 heavy (non-hydrogen) atoms. The van der Waals surface area contributed by atoms with Crippen LogP contribution in [0.3, 0.4) is 0 Å². The lowest BCUT2D eigenvalue weighted by Gasteiger charge is -2.28. The van der Waals surface area contributed by atoms with Crippen molar-refractivity contribution in [1.82, 2.24) is 0 Å². The van der Waals surface area contributed by atoms with Crippen LogP contribution < -0.4 is 0 Å². The van der Waals surface area contributed by atoms with E-state index in [1.165, 1.54) is 0 Å². The molecule has 1 aromatic rings. The summed E-state index contributed by atoms with van der Waals surface area (Å²) in [6, 6.07) is 4.06. The smallest absolute Gasteiger partial charge is 0.123 e. The van der Waals surface area contributed by atoms with Crippen molar-refractivity contribution in [3.05, 3.63) is 28.8 Å². The molecule has 0 unspecified atom stereocenters. The molecular weight excluding hydrogens is 264 g/mol. The van der Waals surface area contributed by atoms with Crippen molar-refractivity contribution in [3.63, 3.8) is 0 Å². The second-order valence-corrected chi connectivity index (χ2v) is 7.67. The minimum Gasteiger partial charge on any atom is -0.507 e. The summed E-state index contributed by atoms with van der Waals surface area (Å²) in [7, 11) is 0. The molecule has 0 aliphatic heterocycles. The Balaban J connectivity index is 3.15. The van der Waals surface area contributed by atoms with Crippen molar-refractivity contribution in [2.45, 2.75) is 65.4 Å². The van der Waals surface area contributed by atoms with Gasteiger partial charge in [0.2, 0.25) is 0 Å². The molecule has 0 aromatic heterocycles. The van der Waals surface area contributed by atoms with E-state index in [1.807, 2.05) is 12.1 Å². The van der Waals surface area contributed by atoms with Gasteiger partial charge in [0.25, 0.3) is 0 Å². The fourth-order valence-corrected chi connectivity index (χ4v) is 2.28. The predicted molar refractivity (Wildman–Crippen MR) is 86.9 cm³/mol. The highest BCUT2D eigenvalue weighted by Crippen LogP contribution is 2.39. The number of phenolic OH excluding ortho intramolecular Hbond substituents is 1. The van der Waals surface area contributed by atoms with Gasteiger partial charge in [-0.2, -0.15) is 0 Å². The van der Waals surface area contributed by atoms with Gasteiger partial charge in [-0.15, -0.1) is 0 Å². The van der Waals surface area contributed by atoms with Gasteiger partial charge in [0, 0.05) is 13.2 Å². The molecule has 0 aliphatic carbocycles. The van der Waals surface area contributed by atoms with Crippen LogP contribution in [0.1, 0.15) is 64.7 Å². The van der Waals surface area contributed by atoms with Crippen LogP contribution in [0, 0.1) is 0 Å². The molecule has 0 aliphatic rings. The van der Waals surface area contributed by atoms with E-state index >= 15 is 0 Å². The zero-order chi connectivity index (χ0) is 16.3. The minimum absolute atomic E-state index is 0.120. The molecule has 3 heteroatoms. The Morgan fingerprint density at radius 3 is 1.81 bits per heavy atom. The molecule has 0 bridgehead atoms. The SMILES string of the molecule is CC(C)(C)c1cc(COCCCO)cc(C(C)(C)C)c1O. The lowest BCUT2D eigenvalue weighted by Crippen LogP contribution is -2.18. The molecule has 0 saturated carbocycles. The van der Waals surface area contributed by atoms with Crippen molar-refractivity contribution in [3.8, 4) is 5.75 Å². The van der Waals surface area contributed by atoms with Crippen molar-refractivity contribution >= 4 is 0 Å². The van der Waals surface area contributed by atoms with E-state index < -0.39 is 0 Å². The van der Waals surface area contributed by atoms with Crippen LogP contribution >= 0.6 is 0 Å². The maximum Gasteiger partial charge on any atom is 0.123 e. The van der Waals surface area contributed by atoms with Gasteiger partial charge < -0.3 is 14.9 Å². The number of benzene rings is 1. The first kappa shape index (κ1) is 18.0. The summed E-state index contributed by atoms with van der Waals surface area (Å²) in [4.78, 5) is 0. The van der Waals surface area contributed by atoms with Gasteiger partial charge in [-0.25, -0.2) is 0 Å². The molecule has 0 heterocycles. The topological polar surface area (TPSA) is 49.7 Å². The third kappa shape index (κ3) is 5.01. The van der Waals surface area contributed by atoms with Crippen molar-refractivity contribution in [1.29, 1.82) is 0 Å². The fraction of sp³-hybridized carbons (Fsp3) is 0.667. The van der Waals surface area contributed by atoms with Crippen LogP contribution in [-0.4, -0.2) is 23.4 Å². The zero-order valence-electron chi connectivity index (χ0n) is 14.3. The number of aliphatic hydroxyl groups excluding tert-OH is 1.